The van der Waals surface area contributed by atoms with Gasteiger partial charge in [-0.25, -0.2) is 15.6 Å². The Labute approximate surface area is 113 Å². The van der Waals surface area contributed by atoms with E-state index >= 15 is 0 Å². The van der Waals surface area contributed by atoms with Crippen LogP contribution >= 0.6 is 0 Å². The molecule has 7 N–H and O–H groups in total. The van der Waals surface area contributed by atoms with Gasteiger partial charge in [0.2, 0.25) is 17.8 Å². The van der Waals surface area contributed by atoms with E-state index in [0.717, 1.165) is 0 Å². The number of aromatic nitrogens is 5. The van der Waals surface area contributed by atoms with Gasteiger partial charge in [-0.15, -0.1) is 0 Å². The molecule has 11 heteroatoms. The Hall–Kier alpha value is -2.95. The smallest absolute Gasteiger partial charge is 0.312 e. The van der Waals surface area contributed by atoms with Gasteiger partial charge >= 0.3 is 6.03 Å². The third-order valence-corrected chi connectivity index (χ3v) is 2.20. The first-order valence-electron chi connectivity index (χ1n) is 5.67. The summed E-state index contributed by atoms with van der Waals surface area (Å²) in [7, 11) is 0. The van der Waals surface area contributed by atoms with Crippen molar-refractivity contribution in [2.45, 2.75) is 0 Å². The number of nitrogen functional groups attached to an aromatic ring is 1. The summed E-state index contributed by atoms with van der Waals surface area (Å²) in [6, 6.07) is -0.592. The summed E-state index contributed by atoms with van der Waals surface area (Å²) in [6.45, 7) is 0.743. The molecule has 2 aromatic rings. The summed E-state index contributed by atoms with van der Waals surface area (Å²) in [4.78, 5) is 26.7. The highest BCUT2D eigenvalue weighted by molar-refractivity contribution is 5.71. The van der Waals surface area contributed by atoms with Gasteiger partial charge in [-0.2, -0.15) is 15.0 Å². The molecule has 0 saturated carbocycles. The fourth-order valence-corrected chi connectivity index (χ4v) is 1.36. The molecule has 0 atom stereocenters. The molecular weight excluding hydrogens is 264 g/mol. The highest BCUT2D eigenvalue weighted by Gasteiger charge is 2.06. The Morgan fingerprint density at radius 1 is 1.25 bits per heavy atom. The zero-order valence-electron chi connectivity index (χ0n) is 10.4. The van der Waals surface area contributed by atoms with Crippen molar-refractivity contribution in [2.75, 3.05) is 23.8 Å². The molecule has 0 aliphatic rings. The van der Waals surface area contributed by atoms with Crippen LogP contribution in [0.1, 0.15) is 0 Å². The Morgan fingerprint density at radius 2 is 2.05 bits per heavy atom. The van der Waals surface area contributed by atoms with Crippen molar-refractivity contribution in [2.24, 2.45) is 11.6 Å². The normalized spacial score (nSPS) is 10.1. The first kappa shape index (κ1) is 13.5. The standard InChI is InChI=1S/C9H14N10O/c10-6(20)13-1-2-14-7-15-8(18-11)17-9(16-7)19-4-3-12-5-19/h3-5H,1-2,11H2,(H3,10,13,20)(H2,14,15,16,17,18). The molecule has 0 bridgehead atoms. The van der Waals surface area contributed by atoms with Crippen molar-refractivity contribution in [3.63, 3.8) is 0 Å². The molecule has 0 spiro atoms. The van der Waals surface area contributed by atoms with E-state index in [2.05, 4.69) is 36.0 Å². The minimum Gasteiger partial charge on any atom is -0.352 e. The van der Waals surface area contributed by atoms with E-state index in [1.165, 1.54) is 0 Å². The zero-order valence-corrected chi connectivity index (χ0v) is 10.4. The van der Waals surface area contributed by atoms with Gasteiger partial charge in [0.05, 0.1) is 0 Å². The van der Waals surface area contributed by atoms with Gasteiger partial charge < -0.3 is 16.4 Å². The second kappa shape index (κ2) is 6.29. The van der Waals surface area contributed by atoms with E-state index in [-0.39, 0.29) is 5.95 Å². The van der Waals surface area contributed by atoms with Gasteiger partial charge in [0.15, 0.2) is 0 Å². The SMILES string of the molecule is NNc1nc(NCCNC(N)=O)nc(-n2ccnc2)n1. The molecular formula is C9H14N10O. The van der Waals surface area contributed by atoms with Crippen LogP contribution in [0, 0.1) is 0 Å². The number of nitrogens with zero attached hydrogens (tertiary/aromatic N) is 5. The predicted octanol–water partition coefficient (Wildman–Crippen LogP) is -1.58. The molecule has 0 unspecified atom stereocenters. The van der Waals surface area contributed by atoms with Crippen molar-refractivity contribution in [1.82, 2.24) is 29.8 Å². The topological polar surface area (TPSA) is 162 Å². The second-order valence-corrected chi connectivity index (χ2v) is 3.61. The molecule has 2 heterocycles. The molecule has 0 aliphatic carbocycles. The summed E-state index contributed by atoms with van der Waals surface area (Å²) in [5.41, 5.74) is 7.30. The van der Waals surface area contributed by atoms with E-state index in [4.69, 9.17) is 11.6 Å². The number of nitrogens with one attached hydrogen (secondary N) is 3. The van der Waals surface area contributed by atoms with Crippen molar-refractivity contribution in [1.29, 1.82) is 0 Å². The molecule has 2 aromatic heterocycles. The highest BCUT2D eigenvalue weighted by Crippen LogP contribution is 2.07. The monoisotopic (exact) mass is 278 g/mol. The molecule has 0 fully saturated rings. The predicted molar refractivity (Wildman–Crippen MR) is 70.8 cm³/mol. The highest BCUT2D eigenvalue weighted by atomic mass is 16.2. The molecule has 0 radical (unpaired) electrons. The molecule has 106 valence electrons. The second-order valence-electron chi connectivity index (χ2n) is 3.61. The van der Waals surface area contributed by atoms with Crippen LogP contribution < -0.4 is 27.6 Å². The minimum atomic E-state index is -0.592. The average Bonchev–Trinajstić information content (AvgIpc) is 2.97. The van der Waals surface area contributed by atoms with Gasteiger partial charge in [0.25, 0.3) is 0 Å². The third kappa shape index (κ3) is 3.52. The van der Waals surface area contributed by atoms with E-state index in [9.17, 15) is 4.79 Å². The summed E-state index contributed by atoms with van der Waals surface area (Å²) in [6.07, 6.45) is 4.84. The Kier molecular flexibility index (Phi) is 4.24. The first-order valence-corrected chi connectivity index (χ1v) is 5.67. The van der Waals surface area contributed by atoms with Crippen LogP contribution in [0.25, 0.3) is 5.95 Å². The number of hydrogen-bond donors (Lipinski definition) is 5. The number of hydrazine groups is 1. The Balaban J connectivity index is 2.08. The lowest BCUT2D eigenvalue weighted by Crippen LogP contribution is -2.33. The molecule has 11 nitrogen and oxygen atoms in total. The Bertz CT molecular complexity index is 568. The van der Waals surface area contributed by atoms with Gasteiger partial charge in [0.1, 0.15) is 6.33 Å². The zero-order chi connectivity index (χ0) is 14.4. The average molecular weight is 278 g/mol. The molecule has 20 heavy (non-hydrogen) atoms. The number of imidazole rings is 1. The quantitative estimate of drug-likeness (QED) is 0.240. The lowest BCUT2D eigenvalue weighted by Gasteiger charge is -2.08. The summed E-state index contributed by atoms with van der Waals surface area (Å²) in [5, 5.41) is 5.35. The number of rotatable bonds is 6. The fourth-order valence-electron chi connectivity index (χ4n) is 1.36. The van der Waals surface area contributed by atoms with Gasteiger partial charge in [0, 0.05) is 25.5 Å². The van der Waals surface area contributed by atoms with Crippen molar-refractivity contribution >= 4 is 17.9 Å². The molecule has 2 amide bonds. The van der Waals surface area contributed by atoms with E-state index in [1.807, 2.05) is 0 Å². The van der Waals surface area contributed by atoms with Crippen LogP contribution in [-0.4, -0.2) is 43.6 Å². The number of amides is 2. The number of carbonyl (C=O) groups is 1. The number of urea groups is 1. The van der Waals surface area contributed by atoms with Gasteiger partial charge in [-0.05, 0) is 0 Å². The summed E-state index contributed by atoms with van der Waals surface area (Å²) >= 11 is 0. The minimum absolute atomic E-state index is 0.203. The lowest BCUT2D eigenvalue weighted by atomic mass is 10.6. The molecule has 0 saturated heterocycles. The molecule has 0 aliphatic heterocycles. The van der Waals surface area contributed by atoms with Gasteiger partial charge in [-0.1, -0.05) is 0 Å². The maximum atomic E-state index is 10.5. The van der Waals surface area contributed by atoms with E-state index in [0.29, 0.717) is 25.0 Å². The number of anilines is 2. The largest absolute Gasteiger partial charge is 0.352 e. The van der Waals surface area contributed by atoms with Crippen LogP contribution in [0.15, 0.2) is 18.7 Å². The number of nitrogens with two attached hydrogens (primary N) is 2. The van der Waals surface area contributed by atoms with Crippen LogP contribution in [0.5, 0.6) is 0 Å². The fraction of sp³-hybridized carbons (Fsp3) is 0.222. The molecule has 0 aromatic carbocycles. The van der Waals surface area contributed by atoms with Crippen LogP contribution in [0.3, 0.4) is 0 Å². The third-order valence-electron chi connectivity index (χ3n) is 2.20. The lowest BCUT2D eigenvalue weighted by molar-refractivity contribution is 0.249. The van der Waals surface area contributed by atoms with Gasteiger partial charge in [-0.3, -0.25) is 9.99 Å². The summed E-state index contributed by atoms with van der Waals surface area (Å²) < 4.78 is 1.61. The van der Waals surface area contributed by atoms with Crippen molar-refractivity contribution < 1.29 is 4.79 Å². The van der Waals surface area contributed by atoms with E-state index in [1.54, 1.807) is 23.3 Å². The first-order chi connectivity index (χ1) is 9.69. The number of hydrogen-bond acceptors (Lipinski definition) is 8. The maximum absolute atomic E-state index is 10.5. The van der Waals surface area contributed by atoms with Crippen LogP contribution in [0.4, 0.5) is 16.7 Å². The summed E-state index contributed by atoms with van der Waals surface area (Å²) in [5.74, 6) is 6.17. The van der Waals surface area contributed by atoms with E-state index < -0.39 is 6.03 Å². The maximum Gasteiger partial charge on any atom is 0.312 e. The number of primary amides is 1. The van der Waals surface area contributed by atoms with Crippen molar-refractivity contribution in [3.05, 3.63) is 18.7 Å². The number of carbonyl (C=O) groups excluding carboxylic acids is 1. The molecule has 2 rings (SSSR count). The Morgan fingerprint density at radius 3 is 2.70 bits per heavy atom. The van der Waals surface area contributed by atoms with Crippen molar-refractivity contribution in [3.8, 4) is 5.95 Å². The van der Waals surface area contributed by atoms with Crippen LogP contribution in [0.2, 0.25) is 0 Å². The van der Waals surface area contributed by atoms with Crippen LogP contribution in [-0.2, 0) is 0 Å².